The van der Waals surface area contributed by atoms with Gasteiger partial charge in [-0.15, -0.1) is 0 Å². The van der Waals surface area contributed by atoms with Crippen molar-refractivity contribution >= 4 is 22.4 Å². The number of anilines is 1. The lowest BCUT2D eigenvalue weighted by molar-refractivity contribution is -0.118. The van der Waals surface area contributed by atoms with E-state index in [0.29, 0.717) is 11.5 Å². The van der Waals surface area contributed by atoms with Crippen LogP contribution >= 0.6 is 0 Å². The van der Waals surface area contributed by atoms with Crippen molar-refractivity contribution in [2.75, 3.05) is 19.0 Å². The van der Waals surface area contributed by atoms with Gasteiger partial charge in [0.15, 0.2) is 29.7 Å². The van der Waals surface area contributed by atoms with E-state index in [-0.39, 0.29) is 12.3 Å². The number of nitrogens with zero attached hydrogens (tertiary/aromatic N) is 1. The summed E-state index contributed by atoms with van der Waals surface area (Å²) in [5, 5.41) is 4.19. The number of halogens is 2. The Bertz CT molecular complexity index is 931. The summed E-state index contributed by atoms with van der Waals surface area (Å²) in [6, 6.07) is 8.42. The number of methoxy groups -OCH3 is 1. The average molecular weight is 344 g/mol. The molecular weight excluding hydrogens is 330 g/mol. The van der Waals surface area contributed by atoms with Gasteiger partial charge in [0.25, 0.3) is 5.91 Å². The Morgan fingerprint density at radius 3 is 2.64 bits per heavy atom. The Kier molecular flexibility index (Phi) is 4.74. The molecule has 128 valence electrons. The molecule has 25 heavy (non-hydrogen) atoms. The molecule has 1 aromatic heterocycles. The molecule has 2 aromatic carbocycles. The third-order valence-electron chi connectivity index (χ3n) is 3.49. The van der Waals surface area contributed by atoms with Crippen LogP contribution < -0.4 is 14.8 Å². The molecule has 3 aromatic rings. The minimum absolute atomic E-state index is 0.141. The second-order valence-electron chi connectivity index (χ2n) is 5.19. The summed E-state index contributed by atoms with van der Waals surface area (Å²) in [7, 11) is 1.50. The van der Waals surface area contributed by atoms with Crippen molar-refractivity contribution in [3.05, 3.63) is 60.4 Å². The summed E-state index contributed by atoms with van der Waals surface area (Å²) >= 11 is 0. The zero-order valence-electron chi connectivity index (χ0n) is 13.3. The average Bonchev–Trinajstić information content (AvgIpc) is 2.62. The smallest absolute Gasteiger partial charge is 0.262 e. The van der Waals surface area contributed by atoms with Crippen LogP contribution in [-0.4, -0.2) is 24.6 Å². The number of carbonyl (C=O) groups excluding carboxylic acids is 1. The Morgan fingerprint density at radius 2 is 1.88 bits per heavy atom. The first-order valence-electron chi connectivity index (χ1n) is 7.36. The SMILES string of the molecule is COc1cc2ccncc2cc1OCC(=O)Nc1ccc(F)c(F)c1. The van der Waals surface area contributed by atoms with E-state index in [1.165, 1.54) is 13.2 Å². The maximum atomic E-state index is 13.1. The van der Waals surface area contributed by atoms with E-state index in [1.54, 1.807) is 24.5 Å². The summed E-state index contributed by atoms with van der Waals surface area (Å²) < 4.78 is 36.8. The predicted molar refractivity (Wildman–Crippen MR) is 88.8 cm³/mol. The van der Waals surface area contributed by atoms with Gasteiger partial charge >= 0.3 is 0 Å². The molecule has 0 fully saturated rings. The van der Waals surface area contributed by atoms with Gasteiger partial charge in [0.1, 0.15) is 0 Å². The van der Waals surface area contributed by atoms with Gasteiger partial charge in [-0.2, -0.15) is 0 Å². The number of benzene rings is 2. The molecule has 0 aliphatic heterocycles. The normalized spacial score (nSPS) is 10.5. The number of nitrogens with one attached hydrogen (secondary N) is 1. The predicted octanol–water partition coefficient (Wildman–Crippen LogP) is 3.54. The second-order valence-corrected chi connectivity index (χ2v) is 5.19. The fourth-order valence-corrected chi connectivity index (χ4v) is 2.28. The molecule has 0 radical (unpaired) electrons. The molecule has 7 heteroatoms. The maximum absolute atomic E-state index is 13.1. The van der Waals surface area contributed by atoms with Crippen molar-refractivity contribution in [3.63, 3.8) is 0 Å². The standard InChI is InChI=1S/C18H14F2N2O3/c1-24-16-6-11-4-5-21-9-12(11)7-17(16)25-10-18(23)22-13-2-3-14(19)15(20)8-13/h2-9H,10H2,1H3,(H,22,23). The number of hydrogen-bond donors (Lipinski definition) is 1. The Hall–Kier alpha value is -3.22. The van der Waals surface area contributed by atoms with Crippen LogP contribution in [0.5, 0.6) is 11.5 Å². The first-order valence-corrected chi connectivity index (χ1v) is 7.36. The summed E-state index contributed by atoms with van der Waals surface area (Å²) in [4.78, 5) is 16.0. The van der Waals surface area contributed by atoms with Crippen molar-refractivity contribution in [1.29, 1.82) is 0 Å². The van der Waals surface area contributed by atoms with Crippen LogP contribution in [0, 0.1) is 11.6 Å². The van der Waals surface area contributed by atoms with E-state index in [0.717, 1.165) is 22.9 Å². The lowest BCUT2D eigenvalue weighted by atomic mass is 10.1. The Labute approximate surface area is 142 Å². The van der Waals surface area contributed by atoms with E-state index in [9.17, 15) is 13.6 Å². The van der Waals surface area contributed by atoms with Crippen LogP contribution in [0.4, 0.5) is 14.5 Å². The monoisotopic (exact) mass is 344 g/mol. The maximum Gasteiger partial charge on any atom is 0.262 e. The van der Waals surface area contributed by atoms with Crippen LogP contribution in [-0.2, 0) is 4.79 Å². The highest BCUT2D eigenvalue weighted by atomic mass is 19.2. The first-order chi connectivity index (χ1) is 12.1. The minimum atomic E-state index is -1.04. The largest absolute Gasteiger partial charge is 0.493 e. The highest BCUT2D eigenvalue weighted by molar-refractivity contribution is 5.92. The van der Waals surface area contributed by atoms with E-state index in [4.69, 9.17) is 9.47 Å². The van der Waals surface area contributed by atoms with Crippen molar-refractivity contribution in [1.82, 2.24) is 4.98 Å². The number of rotatable bonds is 5. The molecule has 1 amide bonds. The van der Waals surface area contributed by atoms with Crippen molar-refractivity contribution < 1.29 is 23.0 Å². The molecule has 3 rings (SSSR count). The third kappa shape index (κ3) is 3.82. The zero-order valence-corrected chi connectivity index (χ0v) is 13.3. The number of hydrogen-bond acceptors (Lipinski definition) is 4. The molecule has 0 bridgehead atoms. The van der Waals surface area contributed by atoms with Crippen molar-refractivity contribution in [3.8, 4) is 11.5 Å². The molecule has 0 atom stereocenters. The lowest BCUT2D eigenvalue weighted by Crippen LogP contribution is -2.20. The molecule has 0 saturated heterocycles. The molecule has 1 N–H and O–H groups in total. The molecule has 0 saturated carbocycles. The van der Waals surface area contributed by atoms with Gasteiger partial charge in [0, 0.05) is 29.5 Å². The van der Waals surface area contributed by atoms with Gasteiger partial charge in [0.2, 0.25) is 0 Å². The van der Waals surface area contributed by atoms with Gasteiger partial charge in [-0.3, -0.25) is 9.78 Å². The van der Waals surface area contributed by atoms with Gasteiger partial charge in [-0.05, 0) is 35.7 Å². The Balaban J connectivity index is 1.71. The van der Waals surface area contributed by atoms with Crippen LogP contribution in [0.2, 0.25) is 0 Å². The molecule has 1 heterocycles. The molecular formula is C18H14F2N2O3. The van der Waals surface area contributed by atoms with Crippen LogP contribution in [0.3, 0.4) is 0 Å². The van der Waals surface area contributed by atoms with Gasteiger partial charge in [0.05, 0.1) is 7.11 Å². The Morgan fingerprint density at radius 1 is 1.08 bits per heavy atom. The third-order valence-corrected chi connectivity index (χ3v) is 3.49. The summed E-state index contributed by atoms with van der Waals surface area (Å²) in [6.45, 7) is -0.318. The molecule has 0 aliphatic rings. The number of ether oxygens (including phenoxy) is 2. The topological polar surface area (TPSA) is 60.5 Å². The number of pyridine rings is 1. The number of fused-ring (bicyclic) bond motifs is 1. The zero-order chi connectivity index (χ0) is 17.8. The van der Waals surface area contributed by atoms with E-state index in [2.05, 4.69) is 10.3 Å². The molecule has 0 unspecified atom stereocenters. The first kappa shape index (κ1) is 16.6. The van der Waals surface area contributed by atoms with Crippen LogP contribution in [0.25, 0.3) is 10.8 Å². The molecule has 5 nitrogen and oxygen atoms in total. The van der Waals surface area contributed by atoms with Gasteiger partial charge in [-0.1, -0.05) is 0 Å². The van der Waals surface area contributed by atoms with Crippen LogP contribution in [0.1, 0.15) is 0 Å². The summed E-state index contributed by atoms with van der Waals surface area (Å²) in [5.74, 6) is -1.69. The molecule has 0 aliphatic carbocycles. The summed E-state index contributed by atoms with van der Waals surface area (Å²) in [5.41, 5.74) is 0.141. The number of aromatic nitrogens is 1. The fraction of sp³-hybridized carbons (Fsp3) is 0.111. The highest BCUT2D eigenvalue weighted by Crippen LogP contribution is 2.31. The lowest BCUT2D eigenvalue weighted by Gasteiger charge is -2.12. The van der Waals surface area contributed by atoms with Crippen LogP contribution in [0.15, 0.2) is 48.8 Å². The molecule has 0 spiro atoms. The quantitative estimate of drug-likeness (QED) is 0.769. The van der Waals surface area contributed by atoms with Gasteiger partial charge < -0.3 is 14.8 Å². The highest BCUT2D eigenvalue weighted by Gasteiger charge is 2.11. The minimum Gasteiger partial charge on any atom is -0.493 e. The van der Waals surface area contributed by atoms with Crippen molar-refractivity contribution in [2.45, 2.75) is 0 Å². The summed E-state index contributed by atoms with van der Waals surface area (Å²) in [6.07, 6.45) is 3.33. The van der Waals surface area contributed by atoms with E-state index in [1.807, 2.05) is 6.07 Å². The number of carbonyl (C=O) groups is 1. The fourth-order valence-electron chi connectivity index (χ4n) is 2.28. The van der Waals surface area contributed by atoms with Crippen molar-refractivity contribution in [2.24, 2.45) is 0 Å². The number of amides is 1. The van der Waals surface area contributed by atoms with E-state index < -0.39 is 17.5 Å². The van der Waals surface area contributed by atoms with Gasteiger partial charge in [-0.25, -0.2) is 8.78 Å². The second kappa shape index (κ2) is 7.12. The van der Waals surface area contributed by atoms with E-state index >= 15 is 0 Å².